The molecule has 10 nitrogen and oxygen atoms in total. The fourth-order valence-electron chi connectivity index (χ4n) is 3.57. The van der Waals surface area contributed by atoms with Crippen LogP contribution in [0.5, 0.6) is 0 Å². The molecule has 0 aromatic heterocycles. The largest absolute Gasteiger partial charge is 0.355 e. The molecule has 1 N–H and O–H groups in total. The van der Waals surface area contributed by atoms with E-state index in [0.29, 0.717) is 17.7 Å². The van der Waals surface area contributed by atoms with Crippen molar-refractivity contribution < 1.29 is 27.3 Å². The van der Waals surface area contributed by atoms with Crippen molar-refractivity contribution in [3.63, 3.8) is 0 Å². The van der Waals surface area contributed by atoms with E-state index in [1.54, 1.807) is 20.8 Å². The lowest BCUT2D eigenvalue weighted by atomic mass is 10.1. The van der Waals surface area contributed by atoms with Gasteiger partial charge in [0.25, 0.3) is 5.69 Å². The molecule has 0 fully saturated rings. The minimum Gasteiger partial charge on any atom is -0.355 e. The number of carbonyl (C=O) groups excluding carboxylic acids is 2. The number of nitro benzene ring substituents is 1. The summed E-state index contributed by atoms with van der Waals surface area (Å²) in [7, 11) is -4.04. The van der Waals surface area contributed by atoms with Gasteiger partial charge in [-0.3, -0.25) is 24.0 Å². The van der Waals surface area contributed by atoms with Crippen molar-refractivity contribution in [2.24, 2.45) is 0 Å². The van der Waals surface area contributed by atoms with Crippen molar-refractivity contribution in [1.82, 2.24) is 10.2 Å². The molecule has 0 heterocycles. The molecule has 0 aliphatic heterocycles. The predicted octanol–water partition coefficient (Wildman–Crippen LogP) is 2.75. The maximum atomic E-state index is 13.5. The van der Waals surface area contributed by atoms with E-state index in [1.807, 2.05) is 0 Å². The summed E-state index contributed by atoms with van der Waals surface area (Å²) in [6.45, 7) is 4.59. The number of likely N-dealkylation sites (N-methyl/N-ethyl adjacent to an activating group) is 1. The molecule has 0 unspecified atom stereocenters. The van der Waals surface area contributed by atoms with Gasteiger partial charge in [0.1, 0.15) is 18.4 Å². The molecule has 1 atom stereocenters. The number of aryl methyl sites for hydroxylation is 1. The number of hydrogen-bond acceptors (Lipinski definition) is 6. The van der Waals surface area contributed by atoms with E-state index < -0.39 is 45.2 Å². The normalized spacial score (nSPS) is 12.0. The Bertz CT molecular complexity index is 1190. The fourth-order valence-corrected chi connectivity index (χ4v) is 4.47. The SMILES string of the molecule is CCNC(=O)[C@@H](CC)N(Cc1ccc(F)cc1)C(=O)CN(c1cc([N+](=O)[O-])ccc1C)S(C)(=O)=O. The van der Waals surface area contributed by atoms with Gasteiger partial charge in [0.2, 0.25) is 21.8 Å². The van der Waals surface area contributed by atoms with Crippen molar-refractivity contribution in [3.8, 4) is 0 Å². The molecule has 0 aliphatic carbocycles. The predicted molar refractivity (Wildman–Crippen MR) is 130 cm³/mol. The molecule has 0 radical (unpaired) electrons. The van der Waals surface area contributed by atoms with Gasteiger partial charge in [-0.25, -0.2) is 12.8 Å². The number of carbonyl (C=O) groups is 2. The first-order chi connectivity index (χ1) is 16.4. The van der Waals surface area contributed by atoms with Crippen LogP contribution in [0.4, 0.5) is 15.8 Å². The van der Waals surface area contributed by atoms with Crippen molar-refractivity contribution in [2.75, 3.05) is 23.7 Å². The van der Waals surface area contributed by atoms with Crippen molar-refractivity contribution >= 4 is 33.2 Å². The van der Waals surface area contributed by atoms with E-state index in [-0.39, 0.29) is 24.3 Å². The molecule has 2 aromatic rings. The van der Waals surface area contributed by atoms with Crippen LogP contribution in [-0.2, 0) is 26.2 Å². The third-order valence-electron chi connectivity index (χ3n) is 5.35. The fraction of sp³-hybridized carbons (Fsp3) is 0.391. The number of benzene rings is 2. The summed E-state index contributed by atoms with van der Waals surface area (Å²) in [5.41, 5.74) is 0.612. The summed E-state index contributed by atoms with van der Waals surface area (Å²) < 4.78 is 39.5. The van der Waals surface area contributed by atoms with Crippen LogP contribution < -0.4 is 9.62 Å². The van der Waals surface area contributed by atoms with Gasteiger partial charge in [-0.05, 0) is 43.5 Å². The molecule has 2 rings (SSSR count). The lowest BCUT2D eigenvalue weighted by Gasteiger charge is -2.33. The van der Waals surface area contributed by atoms with Crippen LogP contribution in [0.2, 0.25) is 0 Å². The second-order valence-corrected chi connectivity index (χ2v) is 9.87. The lowest BCUT2D eigenvalue weighted by molar-refractivity contribution is -0.384. The van der Waals surface area contributed by atoms with Crippen molar-refractivity contribution in [3.05, 3.63) is 69.5 Å². The molecule has 2 aromatic carbocycles. The molecule has 35 heavy (non-hydrogen) atoms. The standard InChI is InChI=1S/C23H29FN4O6S/c1-5-20(23(30)25-6-2)26(14-17-8-10-18(24)11-9-17)22(29)15-27(35(4,33)34)21-13-19(28(31)32)12-7-16(21)3/h7-13,20H,5-6,14-15H2,1-4H3,(H,25,30)/t20-/m1/s1. The van der Waals surface area contributed by atoms with E-state index in [0.717, 1.165) is 16.6 Å². The topological polar surface area (TPSA) is 130 Å². The van der Waals surface area contributed by atoms with Crippen LogP contribution in [-0.4, -0.2) is 55.4 Å². The van der Waals surface area contributed by atoms with Gasteiger partial charge in [0, 0.05) is 25.2 Å². The molecule has 0 saturated carbocycles. The number of rotatable bonds is 11. The first-order valence-electron chi connectivity index (χ1n) is 10.9. The maximum absolute atomic E-state index is 13.5. The number of nitro groups is 1. The van der Waals surface area contributed by atoms with E-state index in [1.165, 1.54) is 41.3 Å². The van der Waals surface area contributed by atoms with E-state index in [4.69, 9.17) is 0 Å². The first kappa shape index (κ1) is 27.7. The smallest absolute Gasteiger partial charge is 0.271 e. The minimum absolute atomic E-state index is 0.0113. The van der Waals surface area contributed by atoms with Crippen LogP contribution in [0.3, 0.4) is 0 Å². The third-order valence-corrected chi connectivity index (χ3v) is 6.48. The number of nitrogens with one attached hydrogen (secondary N) is 1. The third kappa shape index (κ3) is 7.22. The van der Waals surface area contributed by atoms with Crippen molar-refractivity contribution in [1.29, 1.82) is 0 Å². The second kappa shape index (κ2) is 11.7. The second-order valence-electron chi connectivity index (χ2n) is 7.96. The van der Waals surface area contributed by atoms with E-state index >= 15 is 0 Å². The summed E-state index contributed by atoms with van der Waals surface area (Å²) in [4.78, 5) is 38.1. The Labute approximate surface area is 203 Å². The highest BCUT2D eigenvalue weighted by Gasteiger charge is 2.32. The van der Waals surface area contributed by atoms with Crippen LogP contribution >= 0.6 is 0 Å². The number of amides is 2. The Morgan fingerprint density at radius 3 is 2.29 bits per heavy atom. The molecular formula is C23H29FN4O6S. The van der Waals surface area contributed by atoms with Gasteiger partial charge in [-0.1, -0.05) is 25.1 Å². The zero-order chi connectivity index (χ0) is 26.3. The minimum atomic E-state index is -4.04. The zero-order valence-electron chi connectivity index (χ0n) is 20.0. The Hall–Kier alpha value is -3.54. The number of sulfonamides is 1. The highest BCUT2D eigenvalue weighted by molar-refractivity contribution is 7.92. The number of anilines is 1. The summed E-state index contributed by atoms with van der Waals surface area (Å²) in [5, 5.41) is 13.9. The first-order valence-corrected chi connectivity index (χ1v) is 12.8. The van der Waals surface area contributed by atoms with Crippen molar-refractivity contribution in [2.45, 2.75) is 39.8 Å². The van der Waals surface area contributed by atoms with Crippen LogP contribution in [0.25, 0.3) is 0 Å². The molecule has 2 amide bonds. The van der Waals surface area contributed by atoms with Gasteiger partial charge < -0.3 is 10.2 Å². The van der Waals surface area contributed by atoms with Crippen LogP contribution in [0.15, 0.2) is 42.5 Å². The van der Waals surface area contributed by atoms with E-state index in [2.05, 4.69) is 5.32 Å². The molecular weight excluding hydrogens is 479 g/mol. The summed E-state index contributed by atoms with van der Waals surface area (Å²) >= 11 is 0. The van der Waals surface area contributed by atoms with Gasteiger partial charge in [-0.2, -0.15) is 0 Å². The van der Waals surface area contributed by atoms with Gasteiger partial charge in [0.15, 0.2) is 0 Å². The highest BCUT2D eigenvalue weighted by Crippen LogP contribution is 2.28. The number of nitrogens with zero attached hydrogens (tertiary/aromatic N) is 3. The maximum Gasteiger partial charge on any atom is 0.271 e. The van der Waals surface area contributed by atoms with Gasteiger partial charge >= 0.3 is 0 Å². The Kier molecular flexibility index (Phi) is 9.29. The summed E-state index contributed by atoms with van der Waals surface area (Å²) in [6.07, 6.45) is 1.14. The molecule has 0 saturated heterocycles. The monoisotopic (exact) mass is 508 g/mol. The summed E-state index contributed by atoms with van der Waals surface area (Å²) in [6, 6.07) is 8.20. The Balaban J connectivity index is 2.51. The average molecular weight is 509 g/mol. The highest BCUT2D eigenvalue weighted by atomic mass is 32.2. The van der Waals surface area contributed by atoms with Gasteiger partial charge in [-0.15, -0.1) is 0 Å². The number of halogens is 1. The molecule has 0 bridgehead atoms. The molecule has 12 heteroatoms. The molecule has 0 aliphatic rings. The Morgan fingerprint density at radius 2 is 1.77 bits per heavy atom. The van der Waals surface area contributed by atoms with Crippen LogP contribution in [0, 0.1) is 22.9 Å². The number of non-ortho nitro benzene ring substituents is 1. The lowest BCUT2D eigenvalue weighted by Crippen LogP contribution is -2.52. The van der Waals surface area contributed by atoms with Gasteiger partial charge in [0.05, 0.1) is 16.9 Å². The summed E-state index contributed by atoms with van der Waals surface area (Å²) in [5.74, 6) is -1.57. The zero-order valence-corrected chi connectivity index (χ0v) is 20.8. The van der Waals surface area contributed by atoms with Crippen LogP contribution in [0.1, 0.15) is 31.4 Å². The Morgan fingerprint density at radius 1 is 1.14 bits per heavy atom. The molecule has 190 valence electrons. The quantitative estimate of drug-likeness (QED) is 0.367. The molecule has 0 spiro atoms. The number of hydrogen-bond donors (Lipinski definition) is 1. The van der Waals surface area contributed by atoms with E-state index in [9.17, 15) is 32.5 Å². The average Bonchev–Trinajstić information content (AvgIpc) is 2.78.